The summed E-state index contributed by atoms with van der Waals surface area (Å²) in [5, 5.41) is 0. The van der Waals surface area contributed by atoms with Crippen molar-refractivity contribution in [2.75, 3.05) is 63.2 Å². The second-order valence-corrected chi connectivity index (χ2v) is 9.90. The van der Waals surface area contributed by atoms with E-state index in [2.05, 4.69) is 40.9 Å². The third-order valence-electron chi connectivity index (χ3n) is 6.73. The highest BCUT2D eigenvalue weighted by atomic mass is 16.2. The minimum Gasteiger partial charge on any atom is -0.351 e. The van der Waals surface area contributed by atoms with E-state index in [0.29, 0.717) is 50.9 Å². The first-order valence-electron chi connectivity index (χ1n) is 12.4. The van der Waals surface area contributed by atoms with Crippen LogP contribution in [0.15, 0.2) is 30.3 Å². The Labute approximate surface area is 208 Å². The van der Waals surface area contributed by atoms with Gasteiger partial charge in [-0.3, -0.25) is 9.59 Å². The fourth-order valence-electron chi connectivity index (χ4n) is 4.59. The van der Waals surface area contributed by atoms with Crippen LogP contribution >= 0.6 is 0 Å². The Morgan fingerprint density at radius 3 is 2.31 bits per heavy atom. The zero-order chi connectivity index (χ0) is 25.1. The van der Waals surface area contributed by atoms with E-state index in [1.807, 2.05) is 41.8 Å². The Morgan fingerprint density at radius 1 is 1.03 bits per heavy atom. The van der Waals surface area contributed by atoms with Crippen molar-refractivity contribution in [3.63, 3.8) is 0 Å². The number of amides is 2. The van der Waals surface area contributed by atoms with E-state index in [0.717, 1.165) is 24.5 Å². The highest BCUT2D eigenvalue weighted by Crippen LogP contribution is 2.33. The summed E-state index contributed by atoms with van der Waals surface area (Å²) < 4.78 is 0. The molecule has 188 valence electrons. The lowest BCUT2D eigenvalue weighted by Gasteiger charge is -2.35. The zero-order valence-corrected chi connectivity index (χ0v) is 21.6. The van der Waals surface area contributed by atoms with Gasteiger partial charge in [-0.05, 0) is 33.5 Å². The van der Waals surface area contributed by atoms with Crippen LogP contribution in [0, 0.1) is 0 Å². The van der Waals surface area contributed by atoms with Gasteiger partial charge in [0.25, 0.3) is 5.91 Å². The van der Waals surface area contributed by atoms with Crippen molar-refractivity contribution in [3.05, 3.63) is 47.2 Å². The molecule has 1 aromatic heterocycles. The average molecular weight is 480 g/mol. The topological polar surface area (TPSA) is 76.1 Å². The molecule has 2 aliphatic rings. The van der Waals surface area contributed by atoms with Crippen molar-refractivity contribution >= 4 is 23.6 Å². The maximum absolute atomic E-state index is 13.4. The van der Waals surface area contributed by atoms with Crippen LogP contribution in [0.25, 0.3) is 0 Å². The Balaban J connectivity index is 1.73. The molecule has 4 rings (SSSR count). The lowest BCUT2D eigenvalue weighted by Crippen LogP contribution is -2.48. The third kappa shape index (κ3) is 5.56. The molecule has 35 heavy (non-hydrogen) atoms. The molecule has 1 aromatic carbocycles. The molecule has 2 aliphatic heterocycles. The minimum absolute atomic E-state index is 0.0328. The molecule has 0 radical (unpaired) electrons. The number of nitrogens with zero attached hydrogens (tertiary/aromatic N) is 7. The maximum atomic E-state index is 13.4. The van der Waals surface area contributed by atoms with Crippen molar-refractivity contribution < 1.29 is 9.59 Å². The van der Waals surface area contributed by atoms with Crippen LogP contribution in [0.2, 0.25) is 0 Å². The molecule has 9 heteroatoms. The number of hydrogen-bond acceptors (Lipinski definition) is 7. The average Bonchev–Trinajstić information content (AvgIpc) is 3.18. The molecule has 1 saturated heterocycles. The Kier molecular flexibility index (Phi) is 7.54. The first-order valence-corrected chi connectivity index (χ1v) is 12.4. The van der Waals surface area contributed by atoms with E-state index in [1.54, 1.807) is 6.92 Å². The van der Waals surface area contributed by atoms with E-state index in [9.17, 15) is 9.59 Å². The lowest BCUT2D eigenvalue weighted by molar-refractivity contribution is -0.129. The summed E-state index contributed by atoms with van der Waals surface area (Å²) in [7, 11) is 4.13. The van der Waals surface area contributed by atoms with Crippen LogP contribution in [-0.4, -0.2) is 95.9 Å². The van der Waals surface area contributed by atoms with Crippen LogP contribution in [0.4, 0.5) is 11.8 Å². The highest BCUT2D eigenvalue weighted by molar-refractivity contribution is 5.98. The summed E-state index contributed by atoms with van der Waals surface area (Å²) in [6, 6.07) is 10.4. The molecular formula is C26H37N7O2. The summed E-state index contributed by atoms with van der Waals surface area (Å²) in [5.41, 5.74) is 2.61. The van der Waals surface area contributed by atoms with E-state index < -0.39 is 0 Å². The quantitative estimate of drug-likeness (QED) is 0.574. The maximum Gasteiger partial charge on any atom is 0.273 e. The van der Waals surface area contributed by atoms with Crippen molar-refractivity contribution in [1.29, 1.82) is 0 Å². The van der Waals surface area contributed by atoms with Gasteiger partial charge in [0.05, 0.1) is 6.54 Å². The van der Waals surface area contributed by atoms with Gasteiger partial charge in [-0.25, -0.2) is 4.98 Å². The molecule has 0 unspecified atom stereocenters. The molecule has 0 saturated carbocycles. The van der Waals surface area contributed by atoms with Gasteiger partial charge in [-0.15, -0.1) is 0 Å². The summed E-state index contributed by atoms with van der Waals surface area (Å²) in [6.07, 6.45) is 0. The van der Waals surface area contributed by atoms with Gasteiger partial charge in [-0.1, -0.05) is 30.3 Å². The van der Waals surface area contributed by atoms with Crippen molar-refractivity contribution in [1.82, 2.24) is 24.7 Å². The monoisotopic (exact) mass is 479 g/mol. The SMILES string of the molecule is CC(=O)N1CCN(c2nc3c(c(N(CCN(C)C)Cc4ccccc4)n2)CN(C(C)C)C3=O)CC1. The number of aromatic nitrogens is 2. The molecule has 1 fully saturated rings. The smallest absolute Gasteiger partial charge is 0.273 e. The van der Waals surface area contributed by atoms with Crippen LogP contribution < -0.4 is 9.80 Å². The number of likely N-dealkylation sites (N-methyl/N-ethyl adjacent to an activating group) is 1. The highest BCUT2D eigenvalue weighted by Gasteiger charge is 2.36. The van der Waals surface area contributed by atoms with Gasteiger partial charge < -0.3 is 24.5 Å². The lowest BCUT2D eigenvalue weighted by atomic mass is 10.1. The first kappa shape index (κ1) is 24.9. The molecule has 0 aliphatic carbocycles. The minimum atomic E-state index is -0.0328. The fraction of sp³-hybridized carbons (Fsp3) is 0.538. The number of benzene rings is 1. The van der Waals surface area contributed by atoms with Gasteiger partial charge in [-0.2, -0.15) is 4.98 Å². The summed E-state index contributed by atoms with van der Waals surface area (Å²) in [4.78, 5) is 45.3. The molecule has 0 N–H and O–H groups in total. The molecule has 2 amide bonds. The Morgan fingerprint density at radius 2 is 1.71 bits per heavy atom. The first-order chi connectivity index (χ1) is 16.7. The normalized spacial score (nSPS) is 15.9. The van der Waals surface area contributed by atoms with E-state index in [1.165, 1.54) is 5.56 Å². The second kappa shape index (κ2) is 10.6. The molecule has 9 nitrogen and oxygen atoms in total. The number of carbonyl (C=O) groups is 2. The number of piperazine rings is 1. The summed E-state index contributed by atoms with van der Waals surface area (Å²) in [5.74, 6) is 1.46. The Hall–Kier alpha value is -3.20. The van der Waals surface area contributed by atoms with Gasteiger partial charge in [0.1, 0.15) is 11.5 Å². The van der Waals surface area contributed by atoms with Crippen LogP contribution in [0.1, 0.15) is 42.4 Å². The van der Waals surface area contributed by atoms with Gasteiger partial charge in [0.2, 0.25) is 11.9 Å². The second-order valence-electron chi connectivity index (χ2n) is 9.90. The van der Waals surface area contributed by atoms with Crippen LogP contribution in [0.5, 0.6) is 0 Å². The Bertz CT molecular complexity index is 1050. The molecule has 2 aromatic rings. The van der Waals surface area contributed by atoms with Crippen molar-refractivity contribution in [2.24, 2.45) is 0 Å². The molecule has 0 spiro atoms. The number of carbonyl (C=O) groups excluding carboxylic acids is 2. The number of rotatable bonds is 8. The predicted octanol–water partition coefficient (Wildman–Crippen LogP) is 2.08. The van der Waals surface area contributed by atoms with Crippen molar-refractivity contribution in [3.8, 4) is 0 Å². The van der Waals surface area contributed by atoms with E-state index in [4.69, 9.17) is 9.97 Å². The zero-order valence-electron chi connectivity index (χ0n) is 21.6. The third-order valence-corrected chi connectivity index (χ3v) is 6.73. The van der Waals surface area contributed by atoms with E-state index in [-0.39, 0.29) is 17.9 Å². The van der Waals surface area contributed by atoms with Gasteiger partial charge in [0.15, 0.2) is 0 Å². The summed E-state index contributed by atoms with van der Waals surface area (Å²) >= 11 is 0. The van der Waals surface area contributed by atoms with Crippen LogP contribution in [0.3, 0.4) is 0 Å². The standard InChI is InChI=1S/C26H37N7O2/c1-19(2)33-18-22-23(25(33)35)27-26(31-15-13-30(14-16-31)20(3)34)28-24(22)32(12-11-29(4)5)17-21-9-7-6-8-10-21/h6-10,19H,11-18H2,1-5H3. The number of hydrogen-bond donors (Lipinski definition) is 0. The molecule has 0 atom stereocenters. The fourth-order valence-corrected chi connectivity index (χ4v) is 4.59. The number of fused-ring (bicyclic) bond motifs is 1. The summed E-state index contributed by atoms with van der Waals surface area (Å²) in [6.45, 7) is 11.1. The number of anilines is 2. The van der Waals surface area contributed by atoms with Gasteiger partial charge in [0, 0.05) is 64.3 Å². The molecular weight excluding hydrogens is 442 g/mol. The van der Waals surface area contributed by atoms with E-state index >= 15 is 0 Å². The molecule has 0 bridgehead atoms. The largest absolute Gasteiger partial charge is 0.351 e. The predicted molar refractivity (Wildman–Crippen MR) is 138 cm³/mol. The molecule has 3 heterocycles. The van der Waals surface area contributed by atoms with Crippen molar-refractivity contribution in [2.45, 2.75) is 39.9 Å². The van der Waals surface area contributed by atoms with Gasteiger partial charge >= 0.3 is 0 Å². The van der Waals surface area contributed by atoms with Crippen LogP contribution in [-0.2, 0) is 17.9 Å².